The van der Waals surface area contributed by atoms with E-state index in [9.17, 15) is 18.8 Å². The fourth-order valence-electron chi connectivity index (χ4n) is 3.51. The van der Waals surface area contributed by atoms with Crippen molar-refractivity contribution in [2.45, 2.75) is 31.2 Å². The highest BCUT2D eigenvalue weighted by atomic mass is 32.2. The van der Waals surface area contributed by atoms with Crippen molar-refractivity contribution in [3.05, 3.63) is 94.0 Å². The van der Waals surface area contributed by atoms with Gasteiger partial charge in [-0.2, -0.15) is 0 Å². The molecule has 172 valence electrons. The lowest BCUT2D eigenvalue weighted by atomic mass is 10.1. The first-order chi connectivity index (χ1) is 16.2. The van der Waals surface area contributed by atoms with E-state index in [1.807, 2.05) is 0 Å². The van der Waals surface area contributed by atoms with E-state index in [4.69, 9.17) is 0 Å². The Hall–Kier alpha value is -3.78. The third kappa shape index (κ3) is 4.77. The van der Waals surface area contributed by atoms with Gasteiger partial charge >= 0.3 is 0 Å². The summed E-state index contributed by atoms with van der Waals surface area (Å²) in [7, 11) is 0. The van der Waals surface area contributed by atoms with Gasteiger partial charge in [0.2, 0.25) is 5.91 Å². The topological polar surface area (TPSA) is 81.1 Å². The molecular weight excluding hydrogens is 453 g/mol. The van der Waals surface area contributed by atoms with Gasteiger partial charge in [-0.15, -0.1) is 0 Å². The number of rotatable bonds is 6. The molecule has 1 aromatic heterocycles. The molecule has 0 saturated carbocycles. The highest BCUT2D eigenvalue weighted by Gasteiger charge is 2.22. The quantitative estimate of drug-likeness (QED) is 0.237. The minimum Gasteiger partial charge on any atom is -0.326 e. The number of ketones is 1. The van der Waals surface area contributed by atoms with Gasteiger partial charge in [0.15, 0.2) is 10.9 Å². The number of nitrogens with one attached hydrogen (secondary N) is 1. The molecule has 1 N–H and O–H groups in total. The number of aromatic nitrogens is 2. The Morgan fingerprint density at radius 2 is 1.76 bits per heavy atom. The minimum atomic E-state index is -0.582. The first kappa shape index (κ1) is 23.4. The summed E-state index contributed by atoms with van der Waals surface area (Å²) in [6.45, 7) is 4.79. The number of halogens is 1. The molecule has 0 fully saturated rings. The molecule has 0 radical (unpaired) electrons. The van der Waals surface area contributed by atoms with Crippen LogP contribution in [-0.2, 0) is 4.79 Å². The van der Waals surface area contributed by atoms with Gasteiger partial charge in [0.25, 0.3) is 5.56 Å². The SMILES string of the molecule is CC(=O)Nc1ccc(C(=O)C(C)Sc2nc3ccccc3c(=O)n2-c2ccc(C)c(F)c2)cc1. The number of para-hydroxylation sites is 1. The zero-order valence-electron chi connectivity index (χ0n) is 18.8. The van der Waals surface area contributed by atoms with Gasteiger partial charge in [0, 0.05) is 18.2 Å². The predicted molar refractivity (Wildman–Crippen MR) is 132 cm³/mol. The van der Waals surface area contributed by atoms with E-state index in [0.717, 1.165) is 11.8 Å². The molecule has 8 heteroatoms. The highest BCUT2D eigenvalue weighted by molar-refractivity contribution is 8.00. The molecule has 6 nitrogen and oxygen atoms in total. The molecule has 3 aromatic carbocycles. The summed E-state index contributed by atoms with van der Waals surface area (Å²) in [6, 6.07) is 18.1. The van der Waals surface area contributed by atoms with E-state index in [2.05, 4.69) is 10.3 Å². The minimum absolute atomic E-state index is 0.164. The van der Waals surface area contributed by atoms with Gasteiger partial charge in [0.1, 0.15) is 5.82 Å². The third-order valence-electron chi connectivity index (χ3n) is 5.30. The van der Waals surface area contributed by atoms with Crippen LogP contribution in [0.25, 0.3) is 16.6 Å². The van der Waals surface area contributed by atoms with Gasteiger partial charge in [-0.05, 0) is 67.9 Å². The lowest BCUT2D eigenvalue weighted by Gasteiger charge is -2.16. The van der Waals surface area contributed by atoms with Crippen LogP contribution in [0.5, 0.6) is 0 Å². The van der Waals surface area contributed by atoms with E-state index < -0.39 is 11.1 Å². The van der Waals surface area contributed by atoms with Crippen LogP contribution < -0.4 is 10.9 Å². The first-order valence-corrected chi connectivity index (χ1v) is 11.5. The molecule has 1 heterocycles. The highest BCUT2D eigenvalue weighted by Crippen LogP contribution is 2.28. The Bertz CT molecular complexity index is 1460. The summed E-state index contributed by atoms with van der Waals surface area (Å²) >= 11 is 1.13. The van der Waals surface area contributed by atoms with Gasteiger partial charge < -0.3 is 5.32 Å². The lowest BCUT2D eigenvalue weighted by Crippen LogP contribution is -2.24. The fourth-order valence-corrected chi connectivity index (χ4v) is 4.51. The summed E-state index contributed by atoms with van der Waals surface area (Å²) in [5.74, 6) is -0.795. The van der Waals surface area contributed by atoms with Crippen LogP contribution in [0, 0.1) is 12.7 Å². The van der Waals surface area contributed by atoms with E-state index in [1.165, 1.54) is 17.6 Å². The molecule has 34 heavy (non-hydrogen) atoms. The second kappa shape index (κ2) is 9.61. The van der Waals surface area contributed by atoms with Crippen molar-refractivity contribution < 1.29 is 14.0 Å². The maximum Gasteiger partial charge on any atom is 0.266 e. The Morgan fingerprint density at radius 1 is 1.06 bits per heavy atom. The molecule has 0 aliphatic carbocycles. The maximum absolute atomic E-state index is 14.3. The van der Waals surface area contributed by atoms with Crippen molar-refractivity contribution in [3.8, 4) is 5.69 Å². The zero-order valence-corrected chi connectivity index (χ0v) is 19.7. The van der Waals surface area contributed by atoms with Crippen LogP contribution in [0.2, 0.25) is 0 Å². The Morgan fingerprint density at radius 3 is 2.44 bits per heavy atom. The molecule has 0 bridgehead atoms. The number of amides is 1. The summed E-state index contributed by atoms with van der Waals surface area (Å²) < 4.78 is 15.7. The summed E-state index contributed by atoms with van der Waals surface area (Å²) in [5, 5.41) is 2.78. The van der Waals surface area contributed by atoms with Crippen molar-refractivity contribution in [1.82, 2.24) is 9.55 Å². The van der Waals surface area contributed by atoms with Crippen molar-refractivity contribution in [1.29, 1.82) is 0 Å². The molecule has 4 aromatic rings. The van der Waals surface area contributed by atoms with Crippen LogP contribution in [0.15, 0.2) is 76.7 Å². The fraction of sp³-hybridized carbons (Fsp3) is 0.154. The molecule has 4 rings (SSSR count). The molecule has 1 unspecified atom stereocenters. The number of hydrogen-bond acceptors (Lipinski definition) is 5. The molecule has 0 spiro atoms. The zero-order chi connectivity index (χ0) is 24.4. The number of benzene rings is 3. The number of aryl methyl sites for hydroxylation is 1. The van der Waals surface area contributed by atoms with E-state index in [-0.39, 0.29) is 17.2 Å². The summed E-state index contributed by atoms with van der Waals surface area (Å²) in [5.41, 5.74) is 2.02. The van der Waals surface area contributed by atoms with Gasteiger partial charge in [-0.25, -0.2) is 9.37 Å². The lowest BCUT2D eigenvalue weighted by molar-refractivity contribution is -0.114. The number of anilines is 1. The number of carbonyl (C=O) groups is 2. The first-order valence-electron chi connectivity index (χ1n) is 10.6. The summed E-state index contributed by atoms with van der Waals surface area (Å²) in [6.07, 6.45) is 0. The number of fused-ring (bicyclic) bond motifs is 1. The van der Waals surface area contributed by atoms with Gasteiger partial charge in [-0.1, -0.05) is 30.0 Å². The molecule has 1 atom stereocenters. The molecule has 0 aliphatic heterocycles. The van der Waals surface area contributed by atoms with Crippen LogP contribution in [-0.4, -0.2) is 26.5 Å². The van der Waals surface area contributed by atoms with Crippen molar-refractivity contribution in [3.63, 3.8) is 0 Å². The van der Waals surface area contributed by atoms with E-state index in [1.54, 1.807) is 74.5 Å². The van der Waals surface area contributed by atoms with E-state index >= 15 is 0 Å². The average Bonchev–Trinajstić information content (AvgIpc) is 2.81. The third-order valence-corrected chi connectivity index (χ3v) is 6.35. The molecule has 1 amide bonds. The monoisotopic (exact) mass is 475 g/mol. The predicted octanol–water partition coefficient (Wildman–Crippen LogP) is 5.16. The second-order valence-electron chi connectivity index (χ2n) is 7.87. The smallest absolute Gasteiger partial charge is 0.266 e. The van der Waals surface area contributed by atoms with Crippen LogP contribution in [0.1, 0.15) is 29.8 Å². The Balaban J connectivity index is 1.73. The van der Waals surface area contributed by atoms with Gasteiger partial charge in [0.05, 0.1) is 21.8 Å². The van der Waals surface area contributed by atoms with Crippen molar-refractivity contribution >= 4 is 40.0 Å². The second-order valence-corrected chi connectivity index (χ2v) is 9.18. The number of Topliss-reactive ketones (excluding diaryl/α,β-unsaturated/α-hetero) is 1. The average molecular weight is 476 g/mol. The van der Waals surface area contributed by atoms with Crippen molar-refractivity contribution in [2.75, 3.05) is 5.32 Å². The Kier molecular flexibility index (Phi) is 6.61. The number of thioether (sulfide) groups is 1. The largest absolute Gasteiger partial charge is 0.326 e. The Labute approximate surface area is 199 Å². The standard InChI is InChI=1S/C26H22FN3O3S/c1-15-8-13-20(14-22(15)27)30-25(33)21-6-4-5-7-23(21)29-26(30)34-16(2)24(32)18-9-11-19(12-10-18)28-17(3)31/h4-14,16H,1-3H3,(H,28,31). The van der Waals surface area contributed by atoms with Crippen LogP contribution in [0.3, 0.4) is 0 Å². The van der Waals surface area contributed by atoms with Crippen molar-refractivity contribution in [2.24, 2.45) is 0 Å². The number of hydrogen-bond donors (Lipinski definition) is 1. The number of carbonyl (C=O) groups excluding carboxylic acids is 2. The van der Waals surface area contributed by atoms with Crippen LogP contribution in [0.4, 0.5) is 10.1 Å². The maximum atomic E-state index is 14.3. The van der Waals surface area contributed by atoms with Gasteiger partial charge in [-0.3, -0.25) is 19.0 Å². The molecule has 0 aliphatic rings. The van der Waals surface area contributed by atoms with Crippen LogP contribution >= 0.6 is 11.8 Å². The number of nitrogens with zero attached hydrogens (tertiary/aromatic N) is 2. The normalized spacial score (nSPS) is 11.9. The summed E-state index contributed by atoms with van der Waals surface area (Å²) in [4.78, 5) is 42.3. The molecule has 0 saturated heterocycles. The van der Waals surface area contributed by atoms with E-state index in [0.29, 0.717) is 38.6 Å². The molecular formula is C26H22FN3O3S.